The molecular formula is C12H14N6S. The van der Waals surface area contributed by atoms with Gasteiger partial charge in [0.15, 0.2) is 11.1 Å². The lowest BCUT2D eigenvalue weighted by Crippen LogP contribution is -2.23. The Labute approximate surface area is 115 Å². The fourth-order valence-corrected chi connectivity index (χ4v) is 2.14. The minimum absolute atomic E-state index is 0.0899. The third-order valence-corrected chi connectivity index (χ3v) is 3.19. The molecule has 1 aromatic heterocycles. The quantitative estimate of drug-likeness (QED) is 0.579. The van der Waals surface area contributed by atoms with E-state index in [-0.39, 0.29) is 11.1 Å². The van der Waals surface area contributed by atoms with Crippen molar-refractivity contribution < 1.29 is 0 Å². The summed E-state index contributed by atoms with van der Waals surface area (Å²) in [5.74, 6) is 0.563. The van der Waals surface area contributed by atoms with E-state index in [1.807, 2.05) is 35.0 Å². The molecule has 0 bridgehead atoms. The van der Waals surface area contributed by atoms with Crippen LogP contribution in [0, 0.1) is 5.41 Å². The molecule has 0 saturated carbocycles. The Kier molecular flexibility index (Phi) is 4.19. The summed E-state index contributed by atoms with van der Waals surface area (Å²) in [7, 11) is 0. The Morgan fingerprint density at radius 2 is 2.05 bits per heavy atom. The molecule has 19 heavy (non-hydrogen) atoms. The van der Waals surface area contributed by atoms with Gasteiger partial charge >= 0.3 is 0 Å². The van der Waals surface area contributed by atoms with Crippen LogP contribution in [0.1, 0.15) is 5.56 Å². The lowest BCUT2D eigenvalue weighted by Gasteiger charge is -2.04. The van der Waals surface area contributed by atoms with Gasteiger partial charge in [0.1, 0.15) is 0 Å². The molecule has 2 rings (SSSR count). The third-order valence-electron chi connectivity index (χ3n) is 2.35. The molecule has 0 aliphatic heterocycles. The van der Waals surface area contributed by atoms with Crippen molar-refractivity contribution in [2.75, 3.05) is 0 Å². The highest BCUT2D eigenvalue weighted by molar-refractivity contribution is 8.13. The van der Waals surface area contributed by atoms with E-state index in [2.05, 4.69) is 9.98 Å². The molecule has 0 aliphatic rings. The van der Waals surface area contributed by atoms with E-state index in [0.29, 0.717) is 5.75 Å². The average molecular weight is 274 g/mol. The van der Waals surface area contributed by atoms with Crippen molar-refractivity contribution >= 4 is 22.9 Å². The number of hydrogen-bond acceptors (Lipinski definition) is 3. The number of benzene rings is 1. The van der Waals surface area contributed by atoms with Crippen LogP contribution >= 0.6 is 11.8 Å². The van der Waals surface area contributed by atoms with Crippen LogP contribution in [0.2, 0.25) is 0 Å². The molecule has 2 aromatic rings. The van der Waals surface area contributed by atoms with Crippen molar-refractivity contribution in [2.45, 2.75) is 5.75 Å². The monoisotopic (exact) mass is 274 g/mol. The predicted octanol–water partition coefficient (Wildman–Crippen LogP) is 1.31. The molecule has 0 spiro atoms. The molecule has 0 amide bonds. The summed E-state index contributed by atoms with van der Waals surface area (Å²) in [4.78, 5) is 7.66. The van der Waals surface area contributed by atoms with Crippen LogP contribution in [0.5, 0.6) is 0 Å². The maximum atomic E-state index is 7.53. The molecule has 1 heterocycles. The van der Waals surface area contributed by atoms with Crippen molar-refractivity contribution in [2.24, 2.45) is 16.5 Å². The summed E-state index contributed by atoms with van der Waals surface area (Å²) in [5.41, 5.74) is 12.6. The van der Waals surface area contributed by atoms with Gasteiger partial charge in [0, 0.05) is 23.8 Å². The Bertz CT molecular complexity index is 569. The first-order valence-electron chi connectivity index (χ1n) is 5.53. The molecule has 0 atom stereocenters. The van der Waals surface area contributed by atoms with Gasteiger partial charge in [-0.2, -0.15) is 4.99 Å². The van der Waals surface area contributed by atoms with Gasteiger partial charge in [-0.15, -0.1) is 0 Å². The molecular weight excluding hydrogens is 260 g/mol. The summed E-state index contributed by atoms with van der Waals surface area (Å²) in [6.07, 6.45) is 5.37. The number of aliphatic imine (C=N–C) groups is 1. The molecule has 0 radical (unpaired) electrons. The van der Waals surface area contributed by atoms with Crippen LogP contribution < -0.4 is 11.5 Å². The molecule has 98 valence electrons. The van der Waals surface area contributed by atoms with Gasteiger partial charge in [0.2, 0.25) is 0 Å². The molecule has 0 fully saturated rings. The first kappa shape index (κ1) is 13.2. The third kappa shape index (κ3) is 3.85. The Morgan fingerprint density at radius 1 is 1.32 bits per heavy atom. The van der Waals surface area contributed by atoms with Gasteiger partial charge in [-0.25, -0.2) is 4.98 Å². The van der Waals surface area contributed by atoms with Gasteiger partial charge < -0.3 is 16.0 Å². The molecule has 5 N–H and O–H groups in total. The maximum absolute atomic E-state index is 7.53. The Balaban J connectivity index is 1.96. The fraction of sp³-hybridized carbons (Fsp3) is 0.0833. The molecule has 0 aliphatic carbocycles. The zero-order valence-corrected chi connectivity index (χ0v) is 11.0. The van der Waals surface area contributed by atoms with E-state index in [1.165, 1.54) is 11.8 Å². The van der Waals surface area contributed by atoms with Crippen LogP contribution in [0.3, 0.4) is 0 Å². The van der Waals surface area contributed by atoms with Gasteiger partial charge in [-0.3, -0.25) is 5.41 Å². The lowest BCUT2D eigenvalue weighted by molar-refractivity contribution is 1.05. The van der Waals surface area contributed by atoms with Crippen LogP contribution in [-0.4, -0.2) is 20.7 Å². The number of nitrogens with two attached hydrogens (primary N) is 2. The summed E-state index contributed by atoms with van der Waals surface area (Å²) < 4.78 is 1.93. The molecule has 6 nitrogen and oxygen atoms in total. The van der Waals surface area contributed by atoms with E-state index >= 15 is 0 Å². The second-order valence-electron chi connectivity index (χ2n) is 3.77. The molecule has 0 unspecified atom stereocenters. The van der Waals surface area contributed by atoms with Crippen molar-refractivity contribution in [1.82, 2.24) is 9.55 Å². The van der Waals surface area contributed by atoms with Crippen molar-refractivity contribution in [3.05, 3.63) is 48.5 Å². The Morgan fingerprint density at radius 3 is 2.63 bits per heavy atom. The number of imidazole rings is 1. The number of rotatable bonds is 3. The van der Waals surface area contributed by atoms with Gasteiger partial charge in [-0.1, -0.05) is 23.9 Å². The lowest BCUT2D eigenvalue weighted by atomic mass is 10.2. The Hall–Kier alpha value is -2.28. The van der Waals surface area contributed by atoms with E-state index in [4.69, 9.17) is 16.9 Å². The topological polar surface area (TPSA) is 106 Å². The molecule has 7 heteroatoms. The number of nitrogens with one attached hydrogen (secondary N) is 1. The van der Waals surface area contributed by atoms with E-state index in [9.17, 15) is 0 Å². The summed E-state index contributed by atoms with van der Waals surface area (Å²) in [6.45, 7) is 0. The molecule has 0 saturated heterocycles. The van der Waals surface area contributed by atoms with Crippen LogP contribution in [-0.2, 0) is 5.75 Å². The standard InChI is InChI=1S/C12H14N6S/c13-11(14)17-12(15)19-7-9-1-3-10(4-2-9)18-6-5-16-8-18/h1-6,8H,7H2,(H5,13,14,15,17). The number of thioether (sulfide) groups is 1. The minimum Gasteiger partial charge on any atom is -0.370 e. The number of guanidine groups is 1. The summed E-state index contributed by atoms with van der Waals surface area (Å²) >= 11 is 1.28. The van der Waals surface area contributed by atoms with Crippen LogP contribution in [0.4, 0.5) is 0 Å². The SMILES string of the molecule is N=C(N=C(N)N)SCc1ccc(-n2ccnc2)cc1. The maximum Gasteiger partial charge on any atom is 0.193 e. The number of aromatic nitrogens is 2. The number of amidine groups is 1. The van der Waals surface area contributed by atoms with Crippen LogP contribution in [0.15, 0.2) is 48.0 Å². The van der Waals surface area contributed by atoms with E-state index in [1.54, 1.807) is 12.5 Å². The molecule has 1 aromatic carbocycles. The zero-order valence-electron chi connectivity index (χ0n) is 10.2. The predicted molar refractivity (Wildman–Crippen MR) is 78.4 cm³/mol. The zero-order chi connectivity index (χ0) is 13.7. The smallest absolute Gasteiger partial charge is 0.193 e. The largest absolute Gasteiger partial charge is 0.370 e. The second kappa shape index (κ2) is 6.05. The highest BCUT2D eigenvalue weighted by atomic mass is 32.2. The van der Waals surface area contributed by atoms with Gasteiger partial charge in [0.05, 0.1) is 6.33 Å². The minimum atomic E-state index is -0.0899. The highest BCUT2D eigenvalue weighted by Crippen LogP contribution is 2.16. The second-order valence-corrected chi connectivity index (χ2v) is 4.73. The summed E-state index contributed by atoms with van der Waals surface area (Å²) in [5, 5.41) is 7.64. The van der Waals surface area contributed by atoms with Crippen molar-refractivity contribution in [3.8, 4) is 5.69 Å². The average Bonchev–Trinajstić information content (AvgIpc) is 2.90. The summed E-state index contributed by atoms with van der Waals surface area (Å²) in [6, 6.07) is 8.01. The fourth-order valence-electron chi connectivity index (χ4n) is 1.48. The number of hydrogen-bond donors (Lipinski definition) is 3. The highest BCUT2D eigenvalue weighted by Gasteiger charge is 2.00. The van der Waals surface area contributed by atoms with Crippen molar-refractivity contribution in [1.29, 1.82) is 5.41 Å². The first-order chi connectivity index (χ1) is 9.15. The normalized spacial score (nSPS) is 10.1. The van der Waals surface area contributed by atoms with Gasteiger partial charge in [0.25, 0.3) is 0 Å². The van der Waals surface area contributed by atoms with Crippen molar-refractivity contribution in [3.63, 3.8) is 0 Å². The van der Waals surface area contributed by atoms with Crippen LogP contribution in [0.25, 0.3) is 5.69 Å². The van der Waals surface area contributed by atoms with E-state index < -0.39 is 0 Å². The number of nitrogens with zero attached hydrogens (tertiary/aromatic N) is 3. The van der Waals surface area contributed by atoms with Gasteiger partial charge in [-0.05, 0) is 17.7 Å². The van der Waals surface area contributed by atoms with E-state index in [0.717, 1.165) is 11.3 Å². The first-order valence-corrected chi connectivity index (χ1v) is 6.52.